The Morgan fingerprint density at radius 2 is 1.88 bits per heavy atom. The minimum atomic E-state index is 0.300. The SMILES string of the molecule is CC(C)(C)N1CCCC(N2CCC(CO)C2)C1. The number of nitrogens with zero attached hydrogens (tertiary/aromatic N) is 2. The van der Waals surface area contributed by atoms with Gasteiger partial charge in [0.25, 0.3) is 0 Å². The summed E-state index contributed by atoms with van der Waals surface area (Å²) in [6.07, 6.45) is 3.84. The van der Waals surface area contributed by atoms with E-state index in [9.17, 15) is 5.11 Å². The fourth-order valence-electron chi connectivity index (χ4n) is 3.21. The Morgan fingerprint density at radius 3 is 2.47 bits per heavy atom. The molecule has 2 rings (SSSR count). The highest BCUT2D eigenvalue weighted by atomic mass is 16.3. The van der Waals surface area contributed by atoms with E-state index in [0.717, 1.165) is 12.6 Å². The number of hydrogen-bond donors (Lipinski definition) is 1. The third-order valence-electron chi connectivity index (χ3n) is 4.44. The Bertz CT molecular complexity index is 249. The van der Waals surface area contributed by atoms with E-state index >= 15 is 0 Å². The molecule has 0 saturated carbocycles. The van der Waals surface area contributed by atoms with Gasteiger partial charge in [-0.15, -0.1) is 0 Å². The summed E-state index contributed by atoms with van der Waals surface area (Å²) < 4.78 is 0. The van der Waals surface area contributed by atoms with Crippen LogP contribution >= 0.6 is 0 Å². The highest BCUT2D eigenvalue weighted by Gasteiger charge is 2.33. The van der Waals surface area contributed by atoms with Gasteiger partial charge in [-0.1, -0.05) is 0 Å². The fraction of sp³-hybridized carbons (Fsp3) is 1.00. The molecule has 2 fully saturated rings. The smallest absolute Gasteiger partial charge is 0.0471 e. The Balaban J connectivity index is 1.90. The van der Waals surface area contributed by atoms with Gasteiger partial charge in [0.1, 0.15) is 0 Å². The van der Waals surface area contributed by atoms with Crippen molar-refractivity contribution in [1.82, 2.24) is 9.80 Å². The molecule has 3 nitrogen and oxygen atoms in total. The van der Waals surface area contributed by atoms with Crippen molar-refractivity contribution in [1.29, 1.82) is 0 Å². The zero-order valence-corrected chi connectivity index (χ0v) is 11.7. The number of aliphatic hydroxyl groups is 1. The van der Waals surface area contributed by atoms with Crippen molar-refractivity contribution in [3.05, 3.63) is 0 Å². The summed E-state index contributed by atoms with van der Waals surface area (Å²) in [5.41, 5.74) is 0.300. The molecule has 2 atom stereocenters. The lowest BCUT2D eigenvalue weighted by Crippen LogP contribution is -2.53. The topological polar surface area (TPSA) is 26.7 Å². The molecule has 0 bridgehead atoms. The number of piperidine rings is 1. The van der Waals surface area contributed by atoms with E-state index in [4.69, 9.17) is 0 Å². The molecule has 2 aliphatic heterocycles. The third kappa shape index (κ3) is 3.21. The third-order valence-corrected chi connectivity index (χ3v) is 4.44. The summed E-state index contributed by atoms with van der Waals surface area (Å²) in [6.45, 7) is 12.1. The summed E-state index contributed by atoms with van der Waals surface area (Å²) in [7, 11) is 0. The Kier molecular flexibility index (Phi) is 4.11. The second-order valence-electron chi connectivity index (χ2n) is 6.75. The first-order valence-corrected chi connectivity index (χ1v) is 7.10. The Hall–Kier alpha value is -0.120. The van der Waals surface area contributed by atoms with E-state index < -0.39 is 0 Å². The van der Waals surface area contributed by atoms with E-state index in [1.807, 2.05) is 0 Å². The van der Waals surface area contributed by atoms with Gasteiger partial charge in [-0.3, -0.25) is 9.80 Å². The van der Waals surface area contributed by atoms with Crippen LogP contribution in [0.15, 0.2) is 0 Å². The maximum absolute atomic E-state index is 9.23. The van der Waals surface area contributed by atoms with E-state index in [-0.39, 0.29) is 0 Å². The quantitative estimate of drug-likeness (QED) is 0.793. The van der Waals surface area contributed by atoms with Crippen molar-refractivity contribution in [2.45, 2.75) is 51.6 Å². The molecule has 2 heterocycles. The zero-order valence-electron chi connectivity index (χ0n) is 11.7. The first-order chi connectivity index (χ1) is 8.00. The van der Waals surface area contributed by atoms with Crippen molar-refractivity contribution in [3.63, 3.8) is 0 Å². The molecule has 0 spiro atoms. The molecule has 0 amide bonds. The lowest BCUT2D eigenvalue weighted by Gasteiger charge is -2.44. The van der Waals surface area contributed by atoms with Gasteiger partial charge in [0.05, 0.1) is 0 Å². The first kappa shape index (κ1) is 13.3. The van der Waals surface area contributed by atoms with Crippen LogP contribution in [-0.2, 0) is 0 Å². The largest absolute Gasteiger partial charge is 0.396 e. The molecule has 2 aliphatic rings. The molecule has 1 N–H and O–H groups in total. The molecule has 0 aliphatic carbocycles. The number of rotatable bonds is 2. The maximum Gasteiger partial charge on any atom is 0.0471 e. The van der Waals surface area contributed by atoms with Crippen molar-refractivity contribution in [2.24, 2.45) is 5.92 Å². The molecule has 0 radical (unpaired) electrons. The van der Waals surface area contributed by atoms with Crippen molar-refractivity contribution >= 4 is 0 Å². The van der Waals surface area contributed by atoms with Gasteiger partial charge in [0.15, 0.2) is 0 Å². The van der Waals surface area contributed by atoms with Crippen molar-refractivity contribution in [3.8, 4) is 0 Å². The summed E-state index contributed by atoms with van der Waals surface area (Å²) in [5.74, 6) is 0.528. The van der Waals surface area contributed by atoms with Crippen molar-refractivity contribution in [2.75, 3.05) is 32.8 Å². The van der Waals surface area contributed by atoms with Crippen LogP contribution < -0.4 is 0 Å². The highest BCUT2D eigenvalue weighted by Crippen LogP contribution is 2.26. The van der Waals surface area contributed by atoms with Gasteiger partial charge < -0.3 is 5.11 Å². The number of likely N-dealkylation sites (tertiary alicyclic amines) is 2. The zero-order chi connectivity index (χ0) is 12.5. The van der Waals surface area contributed by atoms with Gasteiger partial charge >= 0.3 is 0 Å². The van der Waals surface area contributed by atoms with Gasteiger partial charge in [-0.25, -0.2) is 0 Å². The lowest BCUT2D eigenvalue weighted by molar-refractivity contribution is 0.0500. The average molecular weight is 240 g/mol. The monoisotopic (exact) mass is 240 g/mol. The Morgan fingerprint density at radius 1 is 1.12 bits per heavy atom. The molecule has 17 heavy (non-hydrogen) atoms. The summed E-state index contributed by atoms with van der Waals surface area (Å²) in [4.78, 5) is 5.23. The minimum absolute atomic E-state index is 0.300. The molecule has 3 heteroatoms. The predicted octanol–water partition coefficient (Wildman–Crippen LogP) is 1.56. The first-order valence-electron chi connectivity index (χ1n) is 7.10. The van der Waals surface area contributed by atoms with Gasteiger partial charge in [-0.05, 0) is 59.0 Å². The van der Waals surface area contributed by atoms with Gasteiger partial charge in [-0.2, -0.15) is 0 Å². The fourth-order valence-corrected chi connectivity index (χ4v) is 3.21. The average Bonchev–Trinajstić information content (AvgIpc) is 2.76. The van der Waals surface area contributed by atoms with Crippen LogP contribution in [0.5, 0.6) is 0 Å². The minimum Gasteiger partial charge on any atom is -0.396 e. The molecule has 100 valence electrons. The van der Waals surface area contributed by atoms with E-state index in [0.29, 0.717) is 18.1 Å². The molecule has 2 saturated heterocycles. The van der Waals surface area contributed by atoms with E-state index in [2.05, 4.69) is 30.6 Å². The molecular weight excluding hydrogens is 212 g/mol. The predicted molar refractivity (Wildman–Crippen MR) is 71.1 cm³/mol. The summed E-state index contributed by atoms with van der Waals surface area (Å²) >= 11 is 0. The van der Waals surface area contributed by atoms with Crippen LogP contribution in [0.2, 0.25) is 0 Å². The normalized spacial score (nSPS) is 33.2. The summed E-state index contributed by atoms with van der Waals surface area (Å²) in [5, 5.41) is 9.23. The molecule has 0 aromatic rings. The standard InChI is InChI=1S/C14H28N2O/c1-14(2,3)16-7-4-5-13(10-16)15-8-6-12(9-15)11-17/h12-13,17H,4-11H2,1-3H3. The van der Waals surface area contributed by atoms with E-state index in [1.54, 1.807) is 0 Å². The van der Waals surface area contributed by atoms with Crippen LogP contribution in [-0.4, -0.2) is 59.3 Å². The second-order valence-corrected chi connectivity index (χ2v) is 6.75. The number of hydrogen-bond acceptors (Lipinski definition) is 3. The summed E-state index contributed by atoms with van der Waals surface area (Å²) in [6, 6.07) is 0.722. The van der Waals surface area contributed by atoms with Gasteiger partial charge in [0.2, 0.25) is 0 Å². The van der Waals surface area contributed by atoms with Crippen LogP contribution in [0.3, 0.4) is 0 Å². The lowest BCUT2D eigenvalue weighted by atomic mass is 9.97. The molecule has 0 aromatic carbocycles. The maximum atomic E-state index is 9.23. The molecular formula is C14H28N2O. The van der Waals surface area contributed by atoms with Crippen molar-refractivity contribution < 1.29 is 5.11 Å². The second kappa shape index (κ2) is 5.25. The number of aliphatic hydroxyl groups excluding tert-OH is 1. The highest BCUT2D eigenvalue weighted by molar-refractivity contribution is 4.89. The van der Waals surface area contributed by atoms with Gasteiger partial charge in [0, 0.05) is 31.3 Å². The Labute approximate surface area is 106 Å². The molecule has 2 unspecified atom stereocenters. The van der Waals surface area contributed by atoms with Crippen LogP contribution in [0.4, 0.5) is 0 Å². The van der Waals surface area contributed by atoms with Crippen LogP contribution in [0.1, 0.15) is 40.0 Å². The van der Waals surface area contributed by atoms with E-state index in [1.165, 1.54) is 38.9 Å². The van der Waals surface area contributed by atoms with Crippen LogP contribution in [0, 0.1) is 5.92 Å². The molecule has 0 aromatic heterocycles. The van der Waals surface area contributed by atoms with Crippen LogP contribution in [0.25, 0.3) is 0 Å².